The summed E-state index contributed by atoms with van der Waals surface area (Å²) >= 11 is 0. The molecule has 3 aliphatic carbocycles. The number of piperazine rings is 1. The molecule has 14 heteroatoms. The van der Waals surface area contributed by atoms with E-state index in [1.165, 1.54) is 0 Å². The number of aliphatic imine (C=N–C) groups is 1. The molecule has 0 bridgehead atoms. The fourth-order valence-corrected chi connectivity index (χ4v) is 7.67. The summed E-state index contributed by atoms with van der Waals surface area (Å²) in [4.78, 5) is 78.1. The number of ketones is 4. The van der Waals surface area contributed by atoms with Gasteiger partial charge in [-0.15, -0.1) is 0 Å². The van der Waals surface area contributed by atoms with E-state index in [0.717, 1.165) is 0 Å². The van der Waals surface area contributed by atoms with Crippen molar-refractivity contribution in [3.05, 3.63) is 34.9 Å². The SMILES string of the molecule is Cc1cccc2c1C(=O)C1C(=O)C3C(=O)C(C(=O)NCN4CCN(C(=N)N=C(N)N)CC4)C(=O)[C@@H](N(C)C)[C@@H]3C[C@@H]1C2(C)O. The molecule has 1 aromatic rings. The molecule has 3 fully saturated rings. The lowest BCUT2D eigenvalue weighted by molar-refractivity contribution is -0.163. The molecule has 7 N–H and O–H groups in total. The summed E-state index contributed by atoms with van der Waals surface area (Å²) in [5, 5.41) is 22.4. The fraction of sp³-hybridized carbons (Fsp3) is 0.567. The number of nitrogens with zero attached hydrogens (tertiary/aromatic N) is 4. The molecule has 44 heavy (non-hydrogen) atoms. The summed E-state index contributed by atoms with van der Waals surface area (Å²) in [7, 11) is 3.31. The van der Waals surface area contributed by atoms with Gasteiger partial charge in [0.05, 0.1) is 30.1 Å². The van der Waals surface area contributed by atoms with Gasteiger partial charge in [0.15, 0.2) is 35.0 Å². The summed E-state index contributed by atoms with van der Waals surface area (Å²) < 4.78 is 0. The lowest BCUT2D eigenvalue weighted by Crippen LogP contribution is -2.66. The number of carbonyl (C=O) groups excluding carboxylic acids is 5. The van der Waals surface area contributed by atoms with Crippen LogP contribution in [0.5, 0.6) is 0 Å². The van der Waals surface area contributed by atoms with Gasteiger partial charge >= 0.3 is 0 Å². The fourth-order valence-electron chi connectivity index (χ4n) is 7.67. The van der Waals surface area contributed by atoms with Crippen LogP contribution in [0, 0.1) is 41.9 Å². The maximum absolute atomic E-state index is 14.2. The lowest BCUT2D eigenvalue weighted by atomic mass is 9.51. The Morgan fingerprint density at radius 2 is 1.75 bits per heavy atom. The second-order valence-electron chi connectivity index (χ2n) is 12.7. The number of benzene rings is 1. The van der Waals surface area contributed by atoms with Crippen molar-refractivity contribution in [2.45, 2.75) is 31.9 Å². The first-order chi connectivity index (χ1) is 20.7. The molecule has 0 aromatic heterocycles. The van der Waals surface area contributed by atoms with Gasteiger partial charge < -0.3 is 26.8 Å². The van der Waals surface area contributed by atoms with Gasteiger partial charge in [0, 0.05) is 37.7 Å². The number of hydrogen-bond acceptors (Lipinski definition) is 9. The number of nitrogens with two attached hydrogens (primary N) is 2. The molecule has 1 heterocycles. The van der Waals surface area contributed by atoms with Crippen LogP contribution in [0.3, 0.4) is 0 Å². The molecule has 7 atom stereocenters. The number of hydrogen-bond donors (Lipinski definition) is 5. The zero-order chi connectivity index (χ0) is 32.2. The van der Waals surface area contributed by atoms with Crippen molar-refractivity contribution >= 4 is 41.0 Å². The molecule has 1 aliphatic heterocycles. The van der Waals surface area contributed by atoms with Crippen LogP contribution < -0.4 is 16.8 Å². The first kappa shape index (κ1) is 31.4. The van der Waals surface area contributed by atoms with Gasteiger partial charge in [-0.1, -0.05) is 18.2 Å². The Hall–Kier alpha value is -4.01. The van der Waals surface area contributed by atoms with Crippen molar-refractivity contribution in [2.75, 3.05) is 46.9 Å². The minimum atomic E-state index is -1.70. The number of fused-ring (bicyclic) bond motifs is 3. The number of carbonyl (C=O) groups is 5. The quantitative estimate of drug-likeness (QED) is 0.150. The Balaban J connectivity index is 1.36. The second-order valence-corrected chi connectivity index (χ2v) is 12.7. The van der Waals surface area contributed by atoms with Crippen LogP contribution in [0.2, 0.25) is 0 Å². The summed E-state index contributed by atoms with van der Waals surface area (Å²) in [6, 6.07) is 4.24. The molecule has 236 valence electrons. The van der Waals surface area contributed by atoms with E-state index in [-0.39, 0.29) is 30.6 Å². The molecule has 5 rings (SSSR count). The predicted octanol–water partition coefficient (Wildman–Crippen LogP) is -1.57. The third-order valence-corrected chi connectivity index (χ3v) is 9.81. The highest BCUT2D eigenvalue weighted by Crippen LogP contribution is 2.53. The number of Topliss-reactive ketones (excluding diaryl/α,β-unsaturated/α-hetero) is 4. The number of guanidine groups is 2. The minimum Gasteiger partial charge on any atom is -0.385 e. The van der Waals surface area contributed by atoms with E-state index in [1.54, 1.807) is 55.9 Å². The Kier molecular flexibility index (Phi) is 8.20. The molecule has 14 nitrogen and oxygen atoms in total. The maximum Gasteiger partial charge on any atom is 0.239 e. The van der Waals surface area contributed by atoms with Crippen LogP contribution >= 0.6 is 0 Å². The number of nitrogens with one attached hydrogen (secondary N) is 2. The van der Waals surface area contributed by atoms with Crippen LogP contribution in [0.4, 0.5) is 0 Å². The zero-order valence-electron chi connectivity index (χ0n) is 25.4. The minimum absolute atomic E-state index is 0.0517. The summed E-state index contributed by atoms with van der Waals surface area (Å²) in [6.45, 7) is 5.16. The molecular weight excluding hydrogens is 568 g/mol. The summed E-state index contributed by atoms with van der Waals surface area (Å²) in [5.74, 6) is -9.42. The Morgan fingerprint density at radius 3 is 2.36 bits per heavy atom. The molecular formula is C30H40N8O6. The smallest absolute Gasteiger partial charge is 0.239 e. The van der Waals surface area contributed by atoms with Gasteiger partial charge in [-0.05, 0) is 51.4 Å². The first-order valence-corrected chi connectivity index (χ1v) is 14.7. The van der Waals surface area contributed by atoms with Crippen molar-refractivity contribution in [2.24, 2.45) is 46.0 Å². The van der Waals surface area contributed by atoms with E-state index in [0.29, 0.717) is 37.3 Å². The topological polar surface area (TPSA) is 216 Å². The normalized spacial score (nSPS) is 32.1. The second kappa shape index (κ2) is 11.5. The zero-order valence-corrected chi connectivity index (χ0v) is 25.4. The van der Waals surface area contributed by atoms with E-state index >= 15 is 0 Å². The highest BCUT2D eigenvalue weighted by atomic mass is 16.3. The first-order valence-electron chi connectivity index (χ1n) is 14.7. The summed E-state index contributed by atoms with van der Waals surface area (Å²) in [6.07, 6.45) is 0.0982. The summed E-state index contributed by atoms with van der Waals surface area (Å²) in [5.41, 5.74) is 10.5. The predicted molar refractivity (Wildman–Crippen MR) is 159 cm³/mol. The molecule has 4 aliphatic rings. The van der Waals surface area contributed by atoms with Gasteiger partial charge in [0.1, 0.15) is 0 Å². The largest absolute Gasteiger partial charge is 0.385 e. The van der Waals surface area contributed by atoms with Crippen LogP contribution in [-0.4, -0.2) is 114 Å². The molecule has 1 saturated heterocycles. The van der Waals surface area contributed by atoms with Crippen LogP contribution in [-0.2, 0) is 24.8 Å². The third kappa shape index (κ3) is 5.10. The van der Waals surface area contributed by atoms with Crippen LogP contribution in [0.1, 0.15) is 34.8 Å². The van der Waals surface area contributed by atoms with Crippen LogP contribution in [0.15, 0.2) is 23.2 Å². The lowest BCUT2D eigenvalue weighted by Gasteiger charge is -2.52. The number of likely N-dealkylation sites (N-methyl/N-ethyl adjacent to an activating group) is 1. The molecule has 1 aromatic carbocycles. The number of aryl methyl sites for hydroxylation is 1. The standard InChI is InChI=1S/C30H40N8O6/c1-14-6-5-7-16-18(14)23(39)20-17(30(16,2)44)12-15-19(24(20)40)25(41)21(26(42)22(15)36(3)4)27(43)34-13-37-8-10-38(11-9-37)29(33)35-28(31)32/h5-7,15,17,19-22,44H,8-13H2,1-4H3,(H,34,43)(H5,31,32,33,35)/t15-,17+,19?,20?,21?,22+,30?/m1/s1. The number of rotatable bonds is 4. The molecule has 0 spiro atoms. The van der Waals surface area contributed by atoms with Crippen molar-refractivity contribution in [3.8, 4) is 0 Å². The average Bonchev–Trinajstić information content (AvgIpc) is 2.94. The molecule has 4 unspecified atom stereocenters. The Bertz CT molecular complexity index is 1460. The van der Waals surface area contributed by atoms with Gasteiger partial charge in [0.25, 0.3) is 0 Å². The highest BCUT2D eigenvalue weighted by Gasteiger charge is 2.64. The van der Waals surface area contributed by atoms with E-state index in [1.807, 2.05) is 4.90 Å². The van der Waals surface area contributed by atoms with E-state index in [9.17, 15) is 29.1 Å². The third-order valence-electron chi connectivity index (χ3n) is 9.81. The van der Waals surface area contributed by atoms with Crippen LogP contribution in [0.25, 0.3) is 0 Å². The number of amides is 1. The number of aliphatic hydroxyl groups is 1. The average molecular weight is 609 g/mol. The van der Waals surface area contributed by atoms with Crippen molar-refractivity contribution < 1.29 is 29.1 Å². The van der Waals surface area contributed by atoms with Gasteiger partial charge in [-0.3, -0.25) is 39.2 Å². The molecule has 0 radical (unpaired) electrons. The molecule has 2 saturated carbocycles. The van der Waals surface area contributed by atoms with Gasteiger partial charge in [-0.2, -0.15) is 4.99 Å². The maximum atomic E-state index is 14.2. The van der Waals surface area contributed by atoms with Crippen molar-refractivity contribution in [1.29, 1.82) is 5.41 Å². The highest BCUT2D eigenvalue weighted by molar-refractivity contribution is 6.29. The van der Waals surface area contributed by atoms with Crippen molar-refractivity contribution in [1.82, 2.24) is 20.0 Å². The van der Waals surface area contributed by atoms with E-state index in [2.05, 4.69) is 10.3 Å². The Labute approximate surface area is 255 Å². The Morgan fingerprint density at radius 1 is 1.09 bits per heavy atom. The van der Waals surface area contributed by atoms with E-state index < -0.39 is 70.3 Å². The monoisotopic (exact) mass is 608 g/mol. The molecule has 1 amide bonds. The van der Waals surface area contributed by atoms with Crippen molar-refractivity contribution in [3.63, 3.8) is 0 Å². The van der Waals surface area contributed by atoms with Gasteiger partial charge in [-0.25, -0.2) is 0 Å². The van der Waals surface area contributed by atoms with E-state index in [4.69, 9.17) is 16.9 Å². The van der Waals surface area contributed by atoms with Gasteiger partial charge in [0.2, 0.25) is 11.9 Å².